The van der Waals surface area contributed by atoms with Crippen molar-refractivity contribution in [3.05, 3.63) is 33.7 Å². The summed E-state index contributed by atoms with van der Waals surface area (Å²) in [5.74, 6) is -0.295. The molecule has 16 heavy (non-hydrogen) atoms. The third-order valence-corrected chi connectivity index (χ3v) is 1.98. The predicted octanol–water partition coefficient (Wildman–Crippen LogP) is 2.87. The van der Waals surface area contributed by atoms with Gasteiger partial charge >= 0.3 is 0 Å². The molecular weight excluding hydrogens is 232 g/mol. The molecule has 0 aliphatic heterocycles. The minimum Gasteiger partial charge on any atom is -0.375 e. The number of rotatable bonds is 4. The lowest BCUT2D eigenvalue weighted by Gasteiger charge is -2.05. The number of carbonyl (C=O) groups excluding carboxylic acids is 1. The van der Waals surface area contributed by atoms with Crippen molar-refractivity contribution in [2.45, 2.75) is 0 Å². The number of benzene rings is 1. The Hall–Kier alpha value is -1.75. The summed E-state index contributed by atoms with van der Waals surface area (Å²) < 4.78 is 4.66. The number of anilines is 1. The number of nitrogens with one attached hydrogen (secondary N) is 1. The lowest BCUT2D eigenvalue weighted by molar-refractivity contribution is -0.119. The van der Waals surface area contributed by atoms with Crippen LogP contribution < -0.4 is 5.32 Å². The van der Waals surface area contributed by atoms with E-state index in [4.69, 9.17) is 17.1 Å². The van der Waals surface area contributed by atoms with Crippen LogP contribution in [0.5, 0.6) is 0 Å². The Morgan fingerprint density at radius 2 is 2.44 bits per heavy atom. The summed E-state index contributed by atoms with van der Waals surface area (Å²) in [5, 5.41) is 6.27. The van der Waals surface area contributed by atoms with Crippen molar-refractivity contribution in [1.82, 2.24) is 0 Å². The molecule has 6 nitrogen and oxygen atoms in total. The van der Waals surface area contributed by atoms with Gasteiger partial charge in [0, 0.05) is 17.7 Å². The zero-order valence-corrected chi connectivity index (χ0v) is 9.23. The molecule has 0 heterocycles. The molecule has 1 N–H and O–H groups in total. The maximum absolute atomic E-state index is 11.2. The average Bonchev–Trinajstić information content (AvgIpc) is 2.24. The van der Waals surface area contributed by atoms with E-state index in [2.05, 4.69) is 20.1 Å². The first kappa shape index (κ1) is 12.3. The van der Waals surface area contributed by atoms with Crippen molar-refractivity contribution in [3.63, 3.8) is 0 Å². The Bertz CT molecular complexity index is 443. The molecular formula is C9H9ClN4O2. The molecule has 7 heteroatoms. The summed E-state index contributed by atoms with van der Waals surface area (Å²) in [6, 6.07) is 4.62. The summed E-state index contributed by atoms with van der Waals surface area (Å²) in [6.07, 6.45) is 0. The van der Waals surface area contributed by atoms with Gasteiger partial charge in [0.2, 0.25) is 5.91 Å². The Labute approximate surface area is 96.8 Å². The van der Waals surface area contributed by atoms with Crippen molar-refractivity contribution in [3.8, 4) is 0 Å². The van der Waals surface area contributed by atoms with Gasteiger partial charge in [0.15, 0.2) is 0 Å². The smallest absolute Gasteiger partial charge is 0.250 e. The van der Waals surface area contributed by atoms with Gasteiger partial charge in [-0.3, -0.25) is 4.79 Å². The van der Waals surface area contributed by atoms with Crippen LogP contribution in [0, 0.1) is 0 Å². The van der Waals surface area contributed by atoms with E-state index in [-0.39, 0.29) is 18.2 Å². The van der Waals surface area contributed by atoms with Gasteiger partial charge in [-0.15, -0.1) is 0 Å². The molecule has 0 unspecified atom stereocenters. The summed E-state index contributed by atoms with van der Waals surface area (Å²) in [4.78, 5) is 13.8. The first-order valence-corrected chi connectivity index (χ1v) is 4.68. The second kappa shape index (κ2) is 5.97. The van der Waals surface area contributed by atoms with Crippen molar-refractivity contribution in [2.24, 2.45) is 5.11 Å². The van der Waals surface area contributed by atoms with E-state index in [1.54, 1.807) is 6.07 Å². The van der Waals surface area contributed by atoms with Gasteiger partial charge in [-0.2, -0.15) is 0 Å². The number of methoxy groups -OCH3 is 1. The van der Waals surface area contributed by atoms with Crippen LogP contribution in [-0.2, 0) is 9.53 Å². The number of halogens is 1. The molecule has 0 aromatic heterocycles. The number of carbonyl (C=O) groups is 1. The van der Waals surface area contributed by atoms with Crippen molar-refractivity contribution in [1.29, 1.82) is 0 Å². The van der Waals surface area contributed by atoms with Crippen molar-refractivity contribution >= 4 is 28.9 Å². The van der Waals surface area contributed by atoms with E-state index in [1.807, 2.05) is 0 Å². The van der Waals surface area contributed by atoms with Crippen LogP contribution in [0.15, 0.2) is 23.3 Å². The number of hydrogen-bond acceptors (Lipinski definition) is 3. The van der Waals surface area contributed by atoms with E-state index in [9.17, 15) is 4.79 Å². The standard InChI is InChI=1S/C9H9ClN4O2/c1-16-5-9(15)12-6-2-3-7(10)8(4-6)13-14-11/h2-4H,5H2,1H3,(H,12,15). The maximum Gasteiger partial charge on any atom is 0.250 e. The maximum atomic E-state index is 11.2. The van der Waals surface area contributed by atoms with Gasteiger partial charge in [-0.25, -0.2) is 0 Å². The zero-order chi connectivity index (χ0) is 12.0. The molecule has 84 valence electrons. The van der Waals surface area contributed by atoms with Crippen LogP contribution in [0.2, 0.25) is 5.02 Å². The Kier molecular flexibility index (Phi) is 4.60. The van der Waals surface area contributed by atoms with Crippen molar-refractivity contribution < 1.29 is 9.53 Å². The first-order chi connectivity index (χ1) is 7.67. The largest absolute Gasteiger partial charge is 0.375 e. The van der Waals surface area contributed by atoms with Crippen LogP contribution >= 0.6 is 11.6 Å². The molecule has 0 saturated heterocycles. The highest BCUT2D eigenvalue weighted by molar-refractivity contribution is 6.33. The highest BCUT2D eigenvalue weighted by Gasteiger charge is 2.04. The number of ether oxygens (including phenoxy) is 1. The molecule has 1 aromatic rings. The molecule has 1 amide bonds. The monoisotopic (exact) mass is 240 g/mol. The van der Waals surface area contributed by atoms with E-state index in [0.29, 0.717) is 10.7 Å². The fraction of sp³-hybridized carbons (Fsp3) is 0.222. The van der Waals surface area contributed by atoms with E-state index < -0.39 is 0 Å². The topological polar surface area (TPSA) is 87.1 Å². The molecule has 1 rings (SSSR count). The lowest BCUT2D eigenvalue weighted by Crippen LogP contribution is -2.16. The van der Waals surface area contributed by atoms with E-state index in [0.717, 1.165) is 0 Å². The van der Waals surface area contributed by atoms with E-state index in [1.165, 1.54) is 19.2 Å². The average molecular weight is 241 g/mol. The van der Waals surface area contributed by atoms with Crippen LogP contribution in [0.4, 0.5) is 11.4 Å². The van der Waals surface area contributed by atoms with Crippen LogP contribution in [0.1, 0.15) is 0 Å². The van der Waals surface area contributed by atoms with Gasteiger partial charge < -0.3 is 10.1 Å². The first-order valence-electron chi connectivity index (χ1n) is 4.31. The normalized spacial score (nSPS) is 9.38. The summed E-state index contributed by atoms with van der Waals surface area (Å²) >= 11 is 5.77. The molecule has 0 spiro atoms. The molecule has 0 fully saturated rings. The van der Waals surface area contributed by atoms with Gasteiger partial charge in [-0.05, 0) is 23.7 Å². The van der Waals surface area contributed by atoms with Gasteiger partial charge in [-0.1, -0.05) is 16.7 Å². The fourth-order valence-electron chi connectivity index (χ4n) is 1.04. The lowest BCUT2D eigenvalue weighted by atomic mass is 10.3. The van der Waals surface area contributed by atoms with Crippen LogP contribution in [0.3, 0.4) is 0 Å². The molecule has 0 atom stereocenters. The van der Waals surface area contributed by atoms with Crippen LogP contribution in [-0.4, -0.2) is 19.6 Å². The zero-order valence-electron chi connectivity index (χ0n) is 8.48. The third-order valence-electron chi connectivity index (χ3n) is 1.66. The quantitative estimate of drug-likeness (QED) is 0.498. The van der Waals surface area contributed by atoms with Gasteiger partial charge in [0.1, 0.15) is 6.61 Å². The molecule has 0 radical (unpaired) electrons. The molecule has 0 aliphatic carbocycles. The number of amides is 1. The molecule has 0 bridgehead atoms. The third kappa shape index (κ3) is 3.43. The van der Waals surface area contributed by atoms with E-state index >= 15 is 0 Å². The summed E-state index contributed by atoms with van der Waals surface area (Å²) in [6.45, 7) is -0.0422. The minimum absolute atomic E-state index is 0.0422. The van der Waals surface area contributed by atoms with Crippen LogP contribution in [0.25, 0.3) is 10.4 Å². The highest BCUT2D eigenvalue weighted by atomic mass is 35.5. The predicted molar refractivity (Wildman–Crippen MR) is 60.8 cm³/mol. The number of nitrogens with zero attached hydrogens (tertiary/aromatic N) is 3. The SMILES string of the molecule is COCC(=O)Nc1ccc(Cl)c(N=[N+]=[N-])c1. The van der Waals surface area contributed by atoms with Gasteiger partial charge in [0.05, 0.1) is 10.7 Å². The fourth-order valence-corrected chi connectivity index (χ4v) is 1.20. The molecule has 0 saturated carbocycles. The summed E-state index contributed by atoms with van der Waals surface area (Å²) in [7, 11) is 1.42. The number of hydrogen-bond donors (Lipinski definition) is 1. The second-order valence-corrected chi connectivity index (χ2v) is 3.24. The van der Waals surface area contributed by atoms with Crippen molar-refractivity contribution in [2.75, 3.05) is 19.0 Å². The Balaban J connectivity index is 2.86. The number of azide groups is 1. The highest BCUT2D eigenvalue weighted by Crippen LogP contribution is 2.28. The minimum atomic E-state index is -0.295. The Morgan fingerprint density at radius 1 is 1.69 bits per heavy atom. The molecule has 1 aromatic carbocycles. The molecule has 0 aliphatic rings. The second-order valence-electron chi connectivity index (χ2n) is 2.84. The van der Waals surface area contributed by atoms with Gasteiger partial charge in [0.25, 0.3) is 0 Å². The Morgan fingerprint density at radius 3 is 3.06 bits per heavy atom. The summed E-state index contributed by atoms with van der Waals surface area (Å²) in [5.41, 5.74) is 9.05.